The number of alkyl carbamates (subject to hydrolysis) is 1. The van der Waals surface area contributed by atoms with Crippen molar-refractivity contribution >= 4 is 17.9 Å². The van der Waals surface area contributed by atoms with Crippen LogP contribution in [0.2, 0.25) is 0 Å². The third-order valence-corrected chi connectivity index (χ3v) is 5.31. The molecule has 0 radical (unpaired) electrons. The SMILES string of the molecule is CCCCCCN(C(=O)CNC(=O)OC(C)(C)C)C(C(=O)NCCCC)c1cc(C)cc(C)c1. The molecule has 1 atom stereocenters. The number of rotatable bonds is 13. The number of nitrogens with zero attached hydrogens (tertiary/aromatic N) is 1. The largest absolute Gasteiger partial charge is 0.444 e. The van der Waals surface area contributed by atoms with Gasteiger partial charge in [-0.3, -0.25) is 9.59 Å². The standard InChI is InChI=1S/C27H45N3O4/c1-8-10-12-13-15-30(23(31)19-29-26(33)34-27(5,6)7)24(25(32)28-14-11-9-2)22-17-20(3)16-21(4)18-22/h16-18,24H,8-15,19H2,1-7H3,(H,28,32)(H,29,33). The van der Waals surface area contributed by atoms with Crippen LogP contribution in [0.1, 0.15) is 95.9 Å². The molecule has 0 spiro atoms. The highest BCUT2D eigenvalue weighted by molar-refractivity contribution is 5.90. The first-order chi connectivity index (χ1) is 16.0. The molecule has 0 saturated carbocycles. The van der Waals surface area contributed by atoms with Crippen molar-refractivity contribution in [1.82, 2.24) is 15.5 Å². The molecule has 0 aliphatic heterocycles. The van der Waals surface area contributed by atoms with Crippen molar-refractivity contribution in [2.24, 2.45) is 0 Å². The minimum Gasteiger partial charge on any atom is -0.444 e. The molecule has 34 heavy (non-hydrogen) atoms. The molecule has 7 nitrogen and oxygen atoms in total. The second kappa shape index (κ2) is 14.6. The van der Waals surface area contributed by atoms with Crippen LogP contribution in [0.4, 0.5) is 4.79 Å². The Labute approximate surface area is 206 Å². The molecule has 0 bridgehead atoms. The average Bonchev–Trinajstić information content (AvgIpc) is 2.72. The molecule has 0 aliphatic rings. The van der Waals surface area contributed by atoms with Gasteiger partial charge in [0.1, 0.15) is 18.2 Å². The quantitative estimate of drug-likeness (QED) is 0.384. The van der Waals surface area contributed by atoms with Crippen LogP contribution in [0.15, 0.2) is 18.2 Å². The number of aryl methyl sites for hydroxylation is 2. The summed E-state index contributed by atoms with van der Waals surface area (Å²) in [4.78, 5) is 40.5. The predicted octanol–water partition coefficient (Wildman–Crippen LogP) is 5.19. The van der Waals surface area contributed by atoms with Crippen molar-refractivity contribution in [3.8, 4) is 0 Å². The summed E-state index contributed by atoms with van der Waals surface area (Å²) in [7, 11) is 0. The smallest absolute Gasteiger partial charge is 0.408 e. The lowest BCUT2D eigenvalue weighted by atomic mass is 9.98. The van der Waals surface area contributed by atoms with E-state index in [1.165, 1.54) is 0 Å². The second-order valence-electron chi connectivity index (χ2n) is 9.97. The van der Waals surface area contributed by atoms with E-state index in [1.807, 2.05) is 32.0 Å². The van der Waals surface area contributed by atoms with Crippen LogP contribution >= 0.6 is 0 Å². The summed E-state index contributed by atoms with van der Waals surface area (Å²) in [5, 5.41) is 5.57. The molecular formula is C27H45N3O4. The first kappa shape index (κ1) is 29.5. The van der Waals surface area contributed by atoms with Gasteiger partial charge in [0.15, 0.2) is 0 Å². The summed E-state index contributed by atoms with van der Waals surface area (Å²) >= 11 is 0. The van der Waals surface area contributed by atoms with Crippen LogP contribution in [0, 0.1) is 13.8 Å². The number of hydrogen-bond acceptors (Lipinski definition) is 4. The molecule has 1 rings (SSSR count). The van der Waals surface area contributed by atoms with E-state index in [4.69, 9.17) is 4.74 Å². The lowest BCUT2D eigenvalue weighted by Crippen LogP contribution is -2.48. The predicted molar refractivity (Wildman–Crippen MR) is 137 cm³/mol. The van der Waals surface area contributed by atoms with Gasteiger partial charge in [-0.1, -0.05) is 68.9 Å². The zero-order valence-electron chi connectivity index (χ0n) is 22.3. The fourth-order valence-electron chi connectivity index (χ4n) is 3.80. The molecule has 0 aliphatic carbocycles. The first-order valence-corrected chi connectivity index (χ1v) is 12.6. The lowest BCUT2D eigenvalue weighted by Gasteiger charge is -2.32. The Kier molecular flexibility index (Phi) is 12.7. The van der Waals surface area contributed by atoms with Crippen molar-refractivity contribution in [3.05, 3.63) is 34.9 Å². The monoisotopic (exact) mass is 475 g/mol. The Morgan fingerprint density at radius 2 is 1.53 bits per heavy atom. The zero-order chi connectivity index (χ0) is 25.7. The molecule has 2 N–H and O–H groups in total. The van der Waals surface area contributed by atoms with Gasteiger partial charge in [0, 0.05) is 13.1 Å². The number of ether oxygens (including phenoxy) is 1. The minimum absolute atomic E-state index is 0.195. The van der Waals surface area contributed by atoms with Gasteiger partial charge in [-0.2, -0.15) is 0 Å². The van der Waals surface area contributed by atoms with Crippen LogP contribution in [-0.2, 0) is 14.3 Å². The highest BCUT2D eigenvalue weighted by atomic mass is 16.6. The summed E-state index contributed by atoms with van der Waals surface area (Å²) in [6, 6.07) is 5.22. The van der Waals surface area contributed by atoms with E-state index in [9.17, 15) is 14.4 Å². The maximum absolute atomic E-state index is 13.4. The van der Waals surface area contributed by atoms with E-state index in [-0.39, 0.29) is 18.4 Å². The van der Waals surface area contributed by atoms with Crippen LogP contribution in [0.25, 0.3) is 0 Å². The topological polar surface area (TPSA) is 87.7 Å². The third-order valence-electron chi connectivity index (χ3n) is 5.31. The Hall–Kier alpha value is -2.57. The normalized spacial score (nSPS) is 12.1. The number of benzene rings is 1. The van der Waals surface area contributed by atoms with Crippen LogP contribution in [0.5, 0.6) is 0 Å². The maximum Gasteiger partial charge on any atom is 0.408 e. The van der Waals surface area contributed by atoms with Gasteiger partial charge in [0.2, 0.25) is 11.8 Å². The molecule has 7 heteroatoms. The molecule has 0 fully saturated rings. The van der Waals surface area contributed by atoms with Crippen LogP contribution in [-0.4, -0.2) is 48.0 Å². The maximum atomic E-state index is 13.4. The summed E-state index contributed by atoms with van der Waals surface area (Å²) in [5.41, 5.74) is 2.19. The van der Waals surface area contributed by atoms with E-state index in [2.05, 4.69) is 24.5 Å². The summed E-state index contributed by atoms with van der Waals surface area (Å²) in [5.74, 6) is -0.503. The molecule has 192 valence electrons. The number of nitrogens with one attached hydrogen (secondary N) is 2. The van der Waals surface area contributed by atoms with Crippen molar-refractivity contribution in [3.63, 3.8) is 0 Å². The second-order valence-corrected chi connectivity index (χ2v) is 9.97. The Bertz CT molecular complexity index is 781. The molecule has 1 unspecified atom stereocenters. The Balaban J connectivity index is 3.21. The summed E-state index contributed by atoms with van der Waals surface area (Å²) in [6.45, 7) is 14.2. The molecule has 0 heterocycles. The number of carbonyl (C=O) groups is 3. The molecule has 0 saturated heterocycles. The fraction of sp³-hybridized carbons (Fsp3) is 0.667. The van der Waals surface area contributed by atoms with Crippen molar-refractivity contribution < 1.29 is 19.1 Å². The molecule has 1 aromatic rings. The van der Waals surface area contributed by atoms with E-state index in [0.29, 0.717) is 13.1 Å². The van der Waals surface area contributed by atoms with Gasteiger partial charge in [-0.05, 0) is 53.0 Å². The highest BCUT2D eigenvalue weighted by Crippen LogP contribution is 2.25. The van der Waals surface area contributed by atoms with Crippen LogP contribution in [0.3, 0.4) is 0 Å². The number of carbonyl (C=O) groups excluding carboxylic acids is 3. The molecule has 1 aromatic carbocycles. The zero-order valence-corrected chi connectivity index (χ0v) is 22.3. The third kappa shape index (κ3) is 11.0. The van der Waals surface area contributed by atoms with Gasteiger partial charge in [0.05, 0.1) is 0 Å². The minimum atomic E-state index is -0.759. The average molecular weight is 476 g/mol. The number of amides is 3. The van der Waals surface area contributed by atoms with Gasteiger partial charge < -0.3 is 20.3 Å². The number of unbranched alkanes of at least 4 members (excludes halogenated alkanes) is 4. The van der Waals surface area contributed by atoms with Gasteiger partial charge in [-0.15, -0.1) is 0 Å². The summed E-state index contributed by atoms with van der Waals surface area (Å²) < 4.78 is 5.27. The van der Waals surface area contributed by atoms with E-state index >= 15 is 0 Å². The summed E-state index contributed by atoms with van der Waals surface area (Å²) in [6.07, 6.45) is 5.08. The fourth-order valence-corrected chi connectivity index (χ4v) is 3.80. The van der Waals surface area contributed by atoms with Crippen molar-refractivity contribution in [1.29, 1.82) is 0 Å². The molecule has 3 amide bonds. The highest BCUT2D eigenvalue weighted by Gasteiger charge is 2.31. The van der Waals surface area contributed by atoms with Crippen LogP contribution < -0.4 is 10.6 Å². The van der Waals surface area contributed by atoms with Gasteiger partial charge >= 0.3 is 6.09 Å². The number of hydrogen-bond donors (Lipinski definition) is 2. The Morgan fingerprint density at radius 3 is 2.09 bits per heavy atom. The van der Waals surface area contributed by atoms with E-state index in [1.54, 1.807) is 25.7 Å². The van der Waals surface area contributed by atoms with Crippen molar-refractivity contribution in [2.45, 2.75) is 98.6 Å². The van der Waals surface area contributed by atoms with Crippen molar-refractivity contribution in [2.75, 3.05) is 19.6 Å². The van der Waals surface area contributed by atoms with Gasteiger partial charge in [0.25, 0.3) is 0 Å². The lowest BCUT2D eigenvalue weighted by molar-refractivity contribution is -0.140. The first-order valence-electron chi connectivity index (χ1n) is 12.6. The molecular weight excluding hydrogens is 430 g/mol. The van der Waals surface area contributed by atoms with E-state index < -0.39 is 17.7 Å². The van der Waals surface area contributed by atoms with E-state index in [0.717, 1.165) is 55.2 Å². The Morgan fingerprint density at radius 1 is 0.912 bits per heavy atom. The van der Waals surface area contributed by atoms with Gasteiger partial charge in [-0.25, -0.2) is 4.79 Å². The molecule has 0 aromatic heterocycles.